The molecule has 0 bridgehead atoms. The van der Waals surface area contributed by atoms with E-state index in [1.54, 1.807) is 0 Å². The Kier molecular flexibility index (Phi) is 3.96. The van der Waals surface area contributed by atoms with Gasteiger partial charge in [0.1, 0.15) is 5.75 Å². The summed E-state index contributed by atoms with van der Waals surface area (Å²) in [6, 6.07) is 2.49. The Balaban J connectivity index is 2.42. The molecule has 1 unspecified atom stereocenters. The molecule has 2 N–H and O–H groups in total. The number of rotatable bonds is 4. The molecule has 10 heteroatoms. The molecule has 20 heavy (non-hydrogen) atoms. The van der Waals surface area contributed by atoms with Gasteiger partial charge in [-0.2, -0.15) is 8.42 Å². The molecule has 1 aliphatic heterocycles. The predicted molar refractivity (Wildman–Crippen MR) is 70.6 cm³/mol. The third-order valence-electron chi connectivity index (χ3n) is 2.62. The third-order valence-corrected chi connectivity index (χ3v) is 3.43. The topological polar surface area (TPSA) is 110 Å². The van der Waals surface area contributed by atoms with Gasteiger partial charge in [-0.15, -0.1) is 0 Å². The molecule has 1 aromatic carbocycles. The molecule has 1 heterocycles. The molecule has 1 aliphatic rings. The fourth-order valence-electron chi connectivity index (χ4n) is 1.99. The highest BCUT2D eigenvalue weighted by atomic mass is 35.5. The number of benzene rings is 1. The van der Waals surface area contributed by atoms with Crippen molar-refractivity contribution in [1.82, 2.24) is 0 Å². The Labute approximate surface area is 120 Å². The average Bonchev–Trinajstić information content (AvgIpc) is 2.52. The standard InChI is InChI=1S/C10H10BClO7S/c1-20(16,17)19-5-2-6-10(7(12)3-5)8(4-9(13)14)18-11(6)15/h2-3,8,15H,4H2,1H3,(H,13,14). The molecule has 0 spiro atoms. The predicted octanol–water partition coefficient (Wildman–Crippen LogP) is -0.0881. The molecule has 0 saturated heterocycles. The number of hydrogen-bond donors (Lipinski definition) is 2. The van der Waals surface area contributed by atoms with Crippen molar-refractivity contribution < 1.29 is 32.2 Å². The number of halogens is 1. The van der Waals surface area contributed by atoms with E-state index in [9.17, 15) is 18.2 Å². The summed E-state index contributed by atoms with van der Waals surface area (Å²) in [7, 11) is -5.12. The van der Waals surface area contributed by atoms with Crippen LogP contribution in [0.4, 0.5) is 0 Å². The zero-order valence-corrected chi connectivity index (χ0v) is 11.8. The molecule has 1 aromatic rings. The Morgan fingerprint density at radius 1 is 1.55 bits per heavy atom. The summed E-state index contributed by atoms with van der Waals surface area (Å²) < 4.78 is 31.9. The number of hydrogen-bond acceptors (Lipinski definition) is 6. The lowest BCUT2D eigenvalue weighted by Crippen LogP contribution is -2.28. The number of carboxylic acid groups (broad SMARTS) is 1. The number of carbonyl (C=O) groups is 1. The smallest absolute Gasteiger partial charge is 0.481 e. The molecule has 0 aromatic heterocycles. The molecular formula is C10H10BClO7S. The lowest BCUT2D eigenvalue weighted by Gasteiger charge is -2.11. The van der Waals surface area contributed by atoms with Gasteiger partial charge >= 0.3 is 23.2 Å². The van der Waals surface area contributed by atoms with Crippen LogP contribution >= 0.6 is 11.6 Å². The molecule has 0 saturated carbocycles. The molecule has 1 atom stereocenters. The van der Waals surface area contributed by atoms with Gasteiger partial charge in [0.25, 0.3) is 0 Å². The summed E-state index contributed by atoms with van der Waals surface area (Å²) in [5.41, 5.74) is 0.518. The largest absolute Gasteiger partial charge is 0.492 e. The summed E-state index contributed by atoms with van der Waals surface area (Å²) in [6.07, 6.45) is -0.387. The minimum absolute atomic E-state index is 0.0731. The van der Waals surface area contributed by atoms with Gasteiger partial charge in [-0.1, -0.05) is 11.6 Å². The second-order valence-electron chi connectivity index (χ2n) is 4.27. The van der Waals surface area contributed by atoms with Gasteiger partial charge in [0, 0.05) is 11.1 Å². The quantitative estimate of drug-likeness (QED) is 0.589. The van der Waals surface area contributed by atoms with Crippen LogP contribution in [0.3, 0.4) is 0 Å². The first-order chi connectivity index (χ1) is 9.17. The van der Waals surface area contributed by atoms with E-state index in [-0.39, 0.29) is 22.7 Å². The lowest BCUT2D eigenvalue weighted by molar-refractivity contribution is -0.138. The van der Waals surface area contributed by atoms with E-state index >= 15 is 0 Å². The fourth-order valence-corrected chi connectivity index (χ4v) is 2.77. The summed E-state index contributed by atoms with van der Waals surface area (Å²) >= 11 is 5.99. The van der Waals surface area contributed by atoms with E-state index < -0.39 is 29.3 Å². The highest BCUT2D eigenvalue weighted by Crippen LogP contribution is 2.35. The van der Waals surface area contributed by atoms with Gasteiger partial charge < -0.3 is 19.0 Å². The molecule has 0 amide bonds. The molecule has 108 valence electrons. The van der Waals surface area contributed by atoms with Gasteiger partial charge in [0.05, 0.1) is 18.8 Å². The van der Waals surface area contributed by atoms with E-state index in [0.29, 0.717) is 5.56 Å². The summed E-state index contributed by atoms with van der Waals surface area (Å²) in [5, 5.41) is 18.6. The molecule has 0 fully saturated rings. The van der Waals surface area contributed by atoms with Crippen LogP contribution in [0, 0.1) is 0 Å². The SMILES string of the molecule is CS(=O)(=O)Oc1cc(Cl)c2c(c1)B(O)OC2CC(=O)O. The maximum atomic E-state index is 11.1. The average molecular weight is 321 g/mol. The molecule has 0 radical (unpaired) electrons. The van der Waals surface area contributed by atoms with Crippen LogP contribution in [0.25, 0.3) is 0 Å². The van der Waals surface area contributed by atoms with Crippen molar-refractivity contribution in [3.63, 3.8) is 0 Å². The maximum Gasteiger partial charge on any atom is 0.492 e. The zero-order chi connectivity index (χ0) is 15.1. The first-order valence-corrected chi connectivity index (χ1v) is 7.65. The maximum absolute atomic E-state index is 11.1. The number of carboxylic acids is 1. The van der Waals surface area contributed by atoms with Gasteiger partial charge in [0.2, 0.25) is 0 Å². The molecule has 0 aliphatic carbocycles. The number of aliphatic carboxylic acids is 1. The van der Waals surface area contributed by atoms with E-state index in [1.807, 2.05) is 0 Å². The second kappa shape index (κ2) is 5.25. The summed E-state index contributed by atoms with van der Waals surface area (Å²) in [5.74, 6) is -1.18. The Bertz CT molecular complexity index is 660. The first kappa shape index (κ1) is 15.1. The van der Waals surface area contributed by atoms with Gasteiger partial charge in [0.15, 0.2) is 0 Å². The van der Waals surface area contributed by atoms with Crippen LogP contribution in [-0.4, -0.2) is 37.9 Å². The number of fused-ring (bicyclic) bond motifs is 1. The lowest BCUT2D eigenvalue weighted by atomic mass is 9.79. The second-order valence-corrected chi connectivity index (χ2v) is 6.25. The van der Waals surface area contributed by atoms with E-state index in [1.165, 1.54) is 12.1 Å². The summed E-state index contributed by atoms with van der Waals surface area (Å²) in [6.45, 7) is 0. The monoisotopic (exact) mass is 320 g/mol. The Morgan fingerprint density at radius 2 is 2.20 bits per heavy atom. The minimum atomic E-state index is -3.74. The van der Waals surface area contributed by atoms with Crippen LogP contribution in [0.1, 0.15) is 18.1 Å². The van der Waals surface area contributed by atoms with Crippen LogP contribution < -0.4 is 9.65 Å². The molecule has 2 rings (SSSR count). The van der Waals surface area contributed by atoms with Crippen molar-refractivity contribution >= 4 is 40.3 Å². The van der Waals surface area contributed by atoms with Crippen LogP contribution in [0.2, 0.25) is 5.02 Å². The Hall–Kier alpha value is -1.29. The minimum Gasteiger partial charge on any atom is -0.481 e. The Morgan fingerprint density at radius 3 is 2.75 bits per heavy atom. The van der Waals surface area contributed by atoms with E-state index in [4.69, 9.17) is 21.4 Å². The van der Waals surface area contributed by atoms with Crippen molar-refractivity contribution in [2.45, 2.75) is 12.5 Å². The van der Waals surface area contributed by atoms with Crippen molar-refractivity contribution in [1.29, 1.82) is 0 Å². The van der Waals surface area contributed by atoms with Gasteiger partial charge in [-0.3, -0.25) is 4.79 Å². The summed E-state index contributed by atoms with van der Waals surface area (Å²) in [4.78, 5) is 10.7. The molecule has 7 nitrogen and oxygen atoms in total. The fraction of sp³-hybridized carbons (Fsp3) is 0.300. The van der Waals surface area contributed by atoms with Gasteiger partial charge in [-0.05, 0) is 17.1 Å². The normalized spacial score (nSPS) is 17.9. The van der Waals surface area contributed by atoms with Gasteiger partial charge in [-0.25, -0.2) is 0 Å². The first-order valence-electron chi connectivity index (χ1n) is 5.45. The van der Waals surface area contributed by atoms with Crippen LogP contribution in [0.5, 0.6) is 5.75 Å². The van der Waals surface area contributed by atoms with Crippen molar-refractivity contribution in [3.05, 3.63) is 22.7 Å². The van der Waals surface area contributed by atoms with E-state index in [2.05, 4.69) is 4.18 Å². The van der Waals surface area contributed by atoms with Crippen molar-refractivity contribution in [2.24, 2.45) is 0 Å². The van der Waals surface area contributed by atoms with Crippen LogP contribution in [0.15, 0.2) is 12.1 Å². The van der Waals surface area contributed by atoms with Crippen LogP contribution in [-0.2, 0) is 19.6 Å². The highest BCUT2D eigenvalue weighted by Gasteiger charge is 2.38. The third kappa shape index (κ3) is 3.24. The highest BCUT2D eigenvalue weighted by molar-refractivity contribution is 7.86. The zero-order valence-electron chi connectivity index (χ0n) is 10.2. The van der Waals surface area contributed by atoms with Crippen molar-refractivity contribution in [3.8, 4) is 5.75 Å². The molecular weight excluding hydrogens is 310 g/mol. The van der Waals surface area contributed by atoms with E-state index in [0.717, 1.165) is 6.26 Å². The van der Waals surface area contributed by atoms with Crippen molar-refractivity contribution in [2.75, 3.05) is 6.26 Å².